The summed E-state index contributed by atoms with van der Waals surface area (Å²) in [5.74, 6) is 0.190. The molecule has 1 rings (SSSR count). The van der Waals surface area contributed by atoms with Crippen LogP contribution in [0.15, 0.2) is 24.3 Å². The van der Waals surface area contributed by atoms with Crippen LogP contribution in [-0.2, 0) is 0 Å². The quantitative estimate of drug-likeness (QED) is 0.781. The highest BCUT2D eigenvalue weighted by Crippen LogP contribution is 2.20. The lowest BCUT2D eigenvalue weighted by Crippen LogP contribution is -2.43. The number of para-hydroxylation sites is 1. The number of rotatable bonds is 4. The summed E-state index contributed by atoms with van der Waals surface area (Å²) in [6.07, 6.45) is -0.432. The Bertz CT molecular complexity index is 458. The van der Waals surface area contributed by atoms with E-state index in [0.29, 0.717) is 11.3 Å². The SMILES string of the molecule is CC(=O)c1ccccc1OC(=O)N(C(C)C)C(C)C. The van der Waals surface area contributed by atoms with Gasteiger partial charge in [-0.25, -0.2) is 4.79 Å². The van der Waals surface area contributed by atoms with Crippen molar-refractivity contribution in [3.63, 3.8) is 0 Å². The first kappa shape index (κ1) is 15.2. The first-order valence-electron chi connectivity index (χ1n) is 6.44. The molecule has 4 heteroatoms. The summed E-state index contributed by atoms with van der Waals surface area (Å²) < 4.78 is 5.36. The molecule has 0 atom stereocenters. The number of hydrogen-bond donors (Lipinski definition) is 0. The Morgan fingerprint density at radius 2 is 1.58 bits per heavy atom. The summed E-state index contributed by atoms with van der Waals surface area (Å²) in [7, 11) is 0. The molecule has 0 saturated heterocycles. The molecular weight excluding hydrogens is 242 g/mol. The fourth-order valence-corrected chi connectivity index (χ4v) is 2.01. The average Bonchev–Trinajstić information content (AvgIpc) is 2.27. The van der Waals surface area contributed by atoms with E-state index in [4.69, 9.17) is 4.74 Å². The summed E-state index contributed by atoms with van der Waals surface area (Å²) in [5.41, 5.74) is 0.420. The molecule has 0 radical (unpaired) electrons. The number of hydrogen-bond acceptors (Lipinski definition) is 3. The van der Waals surface area contributed by atoms with Crippen LogP contribution in [0.1, 0.15) is 45.0 Å². The summed E-state index contributed by atoms with van der Waals surface area (Å²) in [4.78, 5) is 25.3. The third kappa shape index (κ3) is 3.81. The Morgan fingerprint density at radius 1 is 1.05 bits per heavy atom. The third-order valence-electron chi connectivity index (χ3n) is 2.79. The molecule has 1 aromatic rings. The van der Waals surface area contributed by atoms with Gasteiger partial charge in [-0.2, -0.15) is 0 Å². The summed E-state index contributed by atoms with van der Waals surface area (Å²) in [6, 6.07) is 6.85. The van der Waals surface area contributed by atoms with E-state index in [2.05, 4.69) is 0 Å². The zero-order chi connectivity index (χ0) is 14.6. The van der Waals surface area contributed by atoms with Crippen LogP contribution >= 0.6 is 0 Å². The van der Waals surface area contributed by atoms with Crippen molar-refractivity contribution in [1.29, 1.82) is 0 Å². The molecule has 0 unspecified atom stereocenters. The number of benzene rings is 1. The Hall–Kier alpha value is -1.84. The third-order valence-corrected chi connectivity index (χ3v) is 2.79. The maximum atomic E-state index is 12.2. The first-order chi connectivity index (χ1) is 8.84. The van der Waals surface area contributed by atoms with Gasteiger partial charge in [0.05, 0.1) is 5.56 Å². The second-order valence-electron chi connectivity index (χ2n) is 5.02. The topological polar surface area (TPSA) is 46.6 Å². The molecule has 0 fully saturated rings. The summed E-state index contributed by atoms with van der Waals surface area (Å²) >= 11 is 0. The molecule has 0 N–H and O–H groups in total. The molecule has 0 aliphatic rings. The van der Waals surface area contributed by atoms with Crippen molar-refractivity contribution in [2.75, 3.05) is 0 Å². The molecule has 4 nitrogen and oxygen atoms in total. The van der Waals surface area contributed by atoms with Crippen LogP contribution in [0.4, 0.5) is 4.79 Å². The molecule has 0 bridgehead atoms. The van der Waals surface area contributed by atoms with Crippen molar-refractivity contribution >= 4 is 11.9 Å². The second-order valence-corrected chi connectivity index (χ2v) is 5.02. The first-order valence-corrected chi connectivity index (χ1v) is 6.44. The largest absolute Gasteiger partial charge is 0.415 e. The van der Waals surface area contributed by atoms with E-state index in [1.54, 1.807) is 29.2 Å². The van der Waals surface area contributed by atoms with Gasteiger partial charge in [0.25, 0.3) is 0 Å². The highest BCUT2D eigenvalue weighted by Gasteiger charge is 2.23. The monoisotopic (exact) mass is 263 g/mol. The minimum Gasteiger partial charge on any atom is -0.409 e. The second kappa shape index (κ2) is 6.36. The Labute approximate surface area is 114 Å². The molecule has 1 aromatic carbocycles. The van der Waals surface area contributed by atoms with Crippen molar-refractivity contribution < 1.29 is 14.3 Å². The lowest BCUT2D eigenvalue weighted by molar-refractivity contribution is 0.101. The van der Waals surface area contributed by atoms with Crippen LogP contribution in [0, 0.1) is 0 Å². The summed E-state index contributed by atoms with van der Waals surface area (Å²) in [5, 5.41) is 0. The van der Waals surface area contributed by atoms with E-state index >= 15 is 0 Å². The van der Waals surface area contributed by atoms with E-state index in [-0.39, 0.29) is 17.9 Å². The minimum atomic E-state index is -0.432. The molecule has 0 saturated carbocycles. The molecule has 1 amide bonds. The highest BCUT2D eigenvalue weighted by atomic mass is 16.6. The molecule has 19 heavy (non-hydrogen) atoms. The van der Waals surface area contributed by atoms with Crippen LogP contribution in [0.3, 0.4) is 0 Å². The van der Waals surface area contributed by atoms with Crippen molar-refractivity contribution in [3.8, 4) is 5.75 Å². The van der Waals surface area contributed by atoms with Gasteiger partial charge in [0.15, 0.2) is 5.78 Å². The molecule has 104 valence electrons. The minimum absolute atomic E-state index is 0.0389. The number of ether oxygens (including phenoxy) is 1. The van der Waals surface area contributed by atoms with E-state index in [9.17, 15) is 9.59 Å². The lowest BCUT2D eigenvalue weighted by Gasteiger charge is -2.29. The lowest BCUT2D eigenvalue weighted by atomic mass is 10.1. The summed E-state index contributed by atoms with van der Waals surface area (Å²) in [6.45, 7) is 9.17. The normalized spacial score (nSPS) is 10.7. The van der Waals surface area contributed by atoms with Crippen LogP contribution in [0.2, 0.25) is 0 Å². The average molecular weight is 263 g/mol. The highest BCUT2D eigenvalue weighted by molar-refractivity contribution is 5.97. The van der Waals surface area contributed by atoms with Gasteiger partial charge in [-0.3, -0.25) is 4.79 Å². The zero-order valence-electron chi connectivity index (χ0n) is 12.1. The zero-order valence-corrected chi connectivity index (χ0v) is 12.1. The number of amides is 1. The number of carbonyl (C=O) groups is 2. The number of carbonyl (C=O) groups excluding carboxylic acids is 2. The van der Waals surface area contributed by atoms with Gasteiger partial charge in [0.1, 0.15) is 5.75 Å². The predicted molar refractivity (Wildman–Crippen MR) is 74.6 cm³/mol. The van der Waals surface area contributed by atoms with E-state index in [0.717, 1.165) is 0 Å². The Balaban J connectivity index is 2.96. The Morgan fingerprint density at radius 3 is 2.05 bits per heavy atom. The van der Waals surface area contributed by atoms with E-state index in [1.807, 2.05) is 27.7 Å². The van der Waals surface area contributed by atoms with Gasteiger partial charge < -0.3 is 9.64 Å². The van der Waals surface area contributed by atoms with Crippen LogP contribution in [-0.4, -0.2) is 28.9 Å². The van der Waals surface area contributed by atoms with Crippen molar-refractivity contribution in [2.45, 2.75) is 46.7 Å². The number of ketones is 1. The Kier molecular flexibility index (Phi) is 5.10. The predicted octanol–water partition coefficient (Wildman–Crippen LogP) is 3.51. The number of nitrogens with zero attached hydrogens (tertiary/aromatic N) is 1. The van der Waals surface area contributed by atoms with Crippen molar-refractivity contribution in [2.24, 2.45) is 0 Å². The standard InChI is InChI=1S/C15H21NO3/c1-10(2)16(11(3)4)15(18)19-14-9-7-6-8-13(14)12(5)17/h6-11H,1-5H3. The number of Topliss-reactive ketones (excluding diaryl/α,β-unsaturated/α-hetero) is 1. The maximum absolute atomic E-state index is 12.2. The fraction of sp³-hybridized carbons (Fsp3) is 0.467. The molecule has 0 aliphatic carbocycles. The molecule has 0 aliphatic heterocycles. The van der Waals surface area contributed by atoms with Gasteiger partial charge in [0.2, 0.25) is 0 Å². The van der Waals surface area contributed by atoms with Crippen LogP contribution in [0.5, 0.6) is 5.75 Å². The molecule has 0 heterocycles. The van der Waals surface area contributed by atoms with Gasteiger partial charge in [0, 0.05) is 12.1 Å². The van der Waals surface area contributed by atoms with Gasteiger partial charge in [-0.05, 0) is 46.8 Å². The van der Waals surface area contributed by atoms with Crippen molar-refractivity contribution in [1.82, 2.24) is 4.90 Å². The maximum Gasteiger partial charge on any atom is 0.415 e. The smallest absolute Gasteiger partial charge is 0.409 e. The molecule has 0 spiro atoms. The van der Waals surface area contributed by atoms with Crippen LogP contribution in [0.25, 0.3) is 0 Å². The van der Waals surface area contributed by atoms with Gasteiger partial charge >= 0.3 is 6.09 Å². The van der Waals surface area contributed by atoms with E-state index in [1.165, 1.54) is 6.92 Å². The fourth-order valence-electron chi connectivity index (χ4n) is 2.01. The van der Waals surface area contributed by atoms with Crippen molar-refractivity contribution in [3.05, 3.63) is 29.8 Å². The molecule has 0 aromatic heterocycles. The van der Waals surface area contributed by atoms with Gasteiger partial charge in [-0.1, -0.05) is 12.1 Å². The molecular formula is C15H21NO3. The van der Waals surface area contributed by atoms with Gasteiger partial charge in [-0.15, -0.1) is 0 Å². The van der Waals surface area contributed by atoms with Crippen LogP contribution < -0.4 is 4.74 Å². The van der Waals surface area contributed by atoms with E-state index < -0.39 is 6.09 Å².